The topological polar surface area (TPSA) is 15.3 Å². The minimum absolute atomic E-state index is 0.424. The highest BCUT2D eigenvalue weighted by molar-refractivity contribution is 5.84. The molecule has 0 amide bonds. The standard InChI is InChI=1S/C52H44N2/c1-3-19-39(2)48-38-41(28-32-50(48)53-46-26-15-6-16-27-46)40-29-33-51-43(36-40)21-10-8-18-35-54(51)47-30-31-49-42(37-47)20-9-7-17-34-52(49,44-22-11-4-12-23-44)45-24-13-5-14-25-45/h3-19,22-38,53H,1,20-21H2,2H3/b9-7-,10-8-,34-17-,35-18-,39-19+. The molecule has 0 radical (unpaired) electrons. The van der Waals surface area contributed by atoms with Crippen LogP contribution in [0, 0.1) is 0 Å². The van der Waals surface area contributed by atoms with E-state index in [0.29, 0.717) is 0 Å². The van der Waals surface area contributed by atoms with E-state index in [-0.39, 0.29) is 0 Å². The van der Waals surface area contributed by atoms with Crippen LogP contribution in [0.5, 0.6) is 0 Å². The minimum atomic E-state index is -0.424. The molecule has 1 heterocycles. The average Bonchev–Trinajstić information content (AvgIpc) is 3.20. The maximum Gasteiger partial charge on any atom is 0.0637 e. The monoisotopic (exact) mass is 696 g/mol. The Labute approximate surface area is 320 Å². The number of nitrogens with zero attached hydrogens (tertiary/aromatic N) is 1. The largest absolute Gasteiger partial charge is 0.355 e. The zero-order chi connectivity index (χ0) is 36.7. The van der Waals surface area contributed by atoms with Gasteiger partial charge in [-0.25, -0.2) is 0 Å². The molecule has 0 aromatic heterocycles. The molecular formula is C52H44N2. The second-order valence-corrected chi connectivity index (χ2v) is 13.9. The Balaban J connectivity index is 1.20. The van der Waals surface area contributed by atoms with Crippen LogP contribution in [0.4, 0.5) is 22.7 Å². The second-order valence-electron chi connectivity index (χ2n) is 13.9. The summed E-state index contributed by atoms with van der Waals surface area (Å²) in [6.07, 6.45) is 23.4. The molecule has 8 rings (SSSR count). The first-order valence-corrected chi connectivity index (χ1v) is 18.7. The first kappa shape index (κ1) is 34.4. The van der Waals surface area contributed by atoms with E-state index in [1.165, 1.54) is 44.6 Å². The fourth-order valence-corrected chi connectivity index (χ4v) is 7.90. The molecule has 0 saturated carbocycles. The van der Waals surface area contributed by atoms with Crippen molar-refractivity contribution >= 4 is 28.3 Å². The summed E-state index contributed by atoms with van der Waals surface area (Å²) in [6.45, 7) is 6.11. The molecule has 1 N–H and O–H groups in total. The van der Waals surface area contributed by atoms with Gasteiger partial charge in [-0.1, -0.05) is 152 Å². The Hall–Kier alpha value is -6.64. The van der Waals surface area contributed by atoms with Gasteiger partial charge in [-0.2, -0.15) is 0 Å². The van der Waals surface area contributed by atoms with Crippen LogP contribution in [0.2, 0.25) is 0 Å². The highest BCUT2D eigenvalue weighted by Gasteiger charge is 2.36. The summed E-state index contributed by atoms with van der Waals surface area (Å²) in [5.74, 6) is 0. The van der Waals surface area contributed by atoms with Crippen LogP contribution < -0.4 is 10.2 Å². The zero-order valence-electron chi connectivity index (χ0n) is 30.7. The number of benzene rings is 6. The van der Waals surface area contributed by atoms with Crippen molar-refractivity contribution < 1.29 is 0 Å². The van der Waals surface area contributed by atoms with Gasteiger partial charge in [0.05, 0.1) is 5.41 Å². The van der Waals surface area contributed by atoms with Gasteiger partial charge in [0.15, 0.2) is 0 Å². The third-order valence-electron chi connectivity index (χ3n) is 10.5. The lowest BCUT2D eigenvalue weighted by atomic mass is 9.67. The first-order chi connectivity index (χ1) is 26.6. The predicted octanol–water partition coefficient (Wildman–Crippen LogP) is 13.5. The summed E-state index contributed by atoms with van der Waals surface area (Å²) in [5, 5.41) is 3.63. The van der Waals surface area contributed by atoms with Gasteiger partial charge in [0.25, 0.3) is 0 Å². The van der Waals surface area contributed by atoms with E-state index in [2.05, 4.69) is 218 Å². The Morgan fingerprint density at radius 3 is 2.02 bits per heavy atom. The predicted molar refractivity (Wildman–Crippen MR) is 231 cm³/mol. The van der Waals surface area contributed by atoms with Crippen molar-refractivity contribution in [3.63, 3.8) is 0 Å². The van der Waals surface area contributed by atoms with Crippen LogP contribution in [0.25, 0.3) is 16.7 Å². The molecule has 0 bridgehead atoms. The lowest BCUT2D eigenvalue weighted by Gasteiger charge is -2.36. The molecule has 0 unspecified atom stereocenters. The van der Waals surface area contributed by atoms with Crippen LogP contribution in [0.15, 0.2) is 213 Å². The quantitative estimate of drug-likeness (QED) is 0.159. The number of anilines is 4. The summed E-state index contributed by atoms with van der Waals surface area (Å²) in [7, 11) is 0. The lowest BCUT2D eigenvalue weighted by Crippen LogP contribution is -2.29. The van der Waals surface area contributed by atoms with E-state index >= 15 is 0 Å². The van der Waals surface area contributed by atoms with E-state index in [9.17, 15) is 0 Å². The van der Waals surface area contributed by atoms with Crippen molar-refractivity contribution in [3.8, 4) is 11.1 Å². The number of para-hydroxylation sites is 1. The third-order valence-corrected chi connectivity index (χ3v) is 10.5. The Kier molecular flexibility index (Phi) is 9.91. The average molecular weight is 697 g/mol. The molecule has 1 aliphatic heterocycles. The lowest BCUT2D eigenvalue weighted by molar-refractivity contribution is 0.765. The van der Waals surface area contributed by atoms with Crippen LogP contribution >= 0.6 is 0 Å². The van der Waals surface area contributed by atoms with Crippen LogP contribution in [0.3, 0.4) is 0 Å². The van der Waals surface area contributed by atoms with Crippen molar-refractivity contribution in [1.82, 2.24) is 0 Å². The van der Waals surface area contributed by atoms with Gasteiger partial charge in [0.1, 0.15) is 0 Å². The molecule has 2 aliphatic rings. The highest BCUT2D eigenvalue weighted by Crippen LogP contribution is 2.45. The molecule has 6 aromatic carbocycles. The molecule has 54 heavy (non-hydrogen) atoms. The molecule has 262 valence electrons. The maximum absolute atomic E-state index is 3.96. The molecule has 0 atom stereocenters. The third kappa shape index (κ3) is 6.83. The molecule has 6 aromatic rings. The van der Waals surface area contributed by atoms with Crippen molar-refractivity contribution in [1.29, 1.82) is 0 Å². The normalized spacial score (nSPS) is 17.0. The number of fused-ring (bicyclic) bond motifs is 2. The van der Waals surface area contributed by atoms with Gasteiger partial charge in [-0.05, 0) is 119 Å². The SMILES string of the molecule is C=C/C=C(\C)c1cc(-c2ccc3c(c2)C/C=C\C=C/N3c2ccc3c(c2)C/C=C\C=C/C3(c2ccccc2)c2ccccc2)ccc1Nc1ccccc1. The van der Waals surface area contributed by atoms with E-state index in [4.69, 9.17) is 0 Å². The summed E-state index contributed by atoms with van der Waals surface area (Å²) < 4.78 is 0. The molecule has 0 saturated heterocycles. The number of hydrogen-bond acceptors (Lipinski definition) is 2. The van der Waals surface area contributed by atoms with E-state index in [0.717, 1.165) is 41.0 Å². The van der Waals surface area contributed by atoms with Gasteiger partial charge < -0.3 is 10.2 Å². The summed E-state index contributed by atoms with van der Waals surface area (Å²) in [5.41, 5.74) is 15.1. The molecule has 2 nitrogen and oxygen atoms in total. The van der Waals surface area contributed by atoms with Crippen LogP contribution in [-0.2, 0) is 18.3 Å². The first-order valence-electron chi connectivity index (χ1n) is 18.7. The number of hydrogen-bond donors (Lipinski definition) is 1. The van der Waals surface area contributed by atoms with Crippen molar-refractivity contribution in [2.45, 2.75) is 25.2 Å². The highest BCUT2D eigenvalue weighted by atomic mass is 15.1. The summed E-state index contributed by atoms with van der Waals surface area (Å²) in [4.78, 5) is 2.35. The summed E-state index contributed by atoms with van der Waals surface area (Å²) >= 11 is 0. The van der Waals surface area contributed by atoms with Crippen molar-refractivity contribution in [3.05, 3.63) is 246 Å². The van der Waals surface area contributed by atoms with Gasteiger partial charge in [0.2, 0.25) is 0 Å². The minimum Gasteiger partial charge on any atom is -0.355 e. The zero-order valence-corrected chi connectivity index (χ0v) is 30.7. The van der Waals surface area contributed by atoms with Gasteiger partial charge >= 0.3 is 0 Å². The number of rotatable bonds is 8. The summed E-state index contributed by atoms with van der Waals surface area (Å²) in [6, 6.07) is 52.8. The fraction of sp³-hybridized carbons (Fsp3) is 0.0769. The maximum atomic E-state index is 3.96. The molecule has 0 fully saturated rings. The van der Waals surface area contributed by atoms with Gasteiger partial charge in [-0.3, -0.25) is 0 Å². The van der Waals surface area contributed by atoms with Gasteiger partial charge in [0, 0.05) is 34.5 Å². The van der Waals surface area contributed by atoms with Crippen LogP contribution in [-0.4, -0.2) is 0 Å². The number of nitrogens with one attached hydrogen (secondary N) is 1. The van der Waals surface area contributed by atoms with E-state index in [1.807, 2.05) is 12.1 Å². The smallest absolute Gasteiger partial charge is 0.0637 e. The van der Waals surface area contributed by atoms with Gasteiger partial charge in [-0.15, -0.1) is 0 Å². The van der Waals surface area contributed by atoms with Crippen LogP contribution in [0.1, 0.15) is 40.3 Å². The van der Waals surface area contributed by atoms with Crippen molar-refractivity contribution in [2.24, 2.45) is 0 Å². The molecule has 2 heteroatoms. The Bertz CT molecular complexity index is 2390. The molecule has 0 spiro atoms. The second kappa shape index (κ2) is 15.5. The molecular weight excluding hydrogens is 653 g/mol. The van der Waals surface area contributed by atoms with E-state index < -0.39 is 5.41 Å². The number of allylic oxidation sites excluding steroid dienone is 10. The Morgan fingerprint density at radius 2 is 1.30 bits per heavy atom. The Morgan fingerprint density at radius 1 is 0.648 bits per heavy atom. The van der Waals surface area contributed by atoms with E-state index in [1.54, 1.807) is 0 Å². The molecule has 1 aliphatic carbocycles. The fourth-order valence-electron chi connectivity index (χ4n) is 7.90. The van der Waals surface area contributed by atoms with Crippen molar-refractivity contribution in [2.75, 3.05) is 10.2 Å².